The standard InChI is InChI=1S/C22H25F3N6O3/c1-12-14(11-30(2)29-12)9-26-21(32)15-10-27-31-19(22(23,24)25)8-16(28-20(15)31)13-5-6-17(33-3)18(7-13)34-4/h5-7,10-11,16,19,28H,8-9H2,1-4H3,(H,26,32)/t16-,19+/m1/s1. The largest absolute Gasteiger partial charge is 0.493 e. The number of amides is 1. The van der Waals surface area contributed by atoms with Gasteiger partial charge in [0.15, 0.2) is 17.5 Å². The number of rotatable bonds is 6. The van der Waals surface area contributed by atoms with Gasteiger partial charge in [0.25, 0.3) is 5.91 Å². The number of aromatic nitrogens is 4. The predicted molar refractivity (Wildman–Crippen MR) is 117 cm³/mol. The van der Waals surface area contributed by atoms with Crippen LogP contribution in [0.25, 0.3) is 0 Å². The number of benzene rings is 1. The summed E-state index contributed by atoms with van der Waals surface area (Å²) in [6.45, 7) is 2.00. The highest BCUT2D eigenvalue weighted by Crippen LogP contribution is 2.45. The van der Waals surface area contributed by atoms with Gasteiger partial charge in [0.2, 0.25) is 0 Å². The van der Waals surface area contributed by atoms with E-state index in [1.54, 1.807) is 36.1 Å². The molecule has 34 heavy (non-hydrogen) atoms. The van der Waals surface area contributed by atoms with Crippen LogP contribution in [0.5, 0.6) is 11.5 Å². The van der Waals surface area contributed by atoms with Crippen LogP contribution in [0.2, 0.25) is 0 Å². The molecule has 182 valence electrons. The third kappa shape index (κ3) is 4.39. The van der Waals surface area contributed by atoms with Crippen LogP contribution in [-0.2, 0) is 13.6 Å². The summed E-state index contributed by atoms with van der Waals surface area (Å²) in [5, 5.41) is 13.9. The first-order valence-electron chi connectivity index (χ1n) is 10.5. The van der Waals surface area contributed by atoms with Gasteiger partial charge in [0, 0.05) is 31.8 Å². The molecule has 4 rings (SSSR count). The molecule has 2 aromatic heterocycles. The van der Waals surface area contributed by atoms with Gasteiger partial charge in [-0.25, -0.2) is 4.68 Å². The monoisotopic (exact) mass is 478 g/mol. The minimum atomic E-state index is -4.56. The third-order valence-electron chi connectivity index (χ3n) is 5.85. The first kappa shape index (κ1) is 23.5. The Kier molecular flexibility index (Phi) is 6.15. The molecule has 3 heterocycles. The second-order valence-electron chi connectivity index (χ2n) is 8.05. The van der Waals surface area contributed by atoms with E-state index < -0.39 is 24.2 Å². The van der Waals surface area contributed by atoms with Crippen molar-refractivity contribution < 1.29 is 27.4 Å². The third-order valence-corrected chi connectivity index (χ3v) is 5.85. The lowest BCUT2D eigenvalue weighted by atomic mass is 9.96. The van der Waals surface area contributed by atoms with Crippen LogP contribution in [0.4, 0.5) is 19.0 Å². The fourth-order valence-corrected chi connectivity index (χ4v) is 4.11. The average molecular weight is 478 g/mol. The number of anilines is 1. The number of halogens is 3. The van der Waals surface area contributed by atoms with Crippen molar-refractivity contribution in [1.82, 2.24) is 24.9 Å². The van der Waals surface area contributed by atoms with E-state index in [0.717, 1.165) is 22.1 Å². The molecule has 2 atom stereocenters. The summed E-state index contributed by atoms with van der Waals surface area (Å²) < 4.78 is 54.9. The molecule has 1 aliphatic heterocycles. The molecule has 0 saturated carbocycles. The Labute approximate surface area is 193 Å². The second kappa shape index (κ2) is 8.92. The topological polar surface area (TPSA) is 95.2 Å². The summed E-state index contributed by atoms with van der Waals surface area (Å²) in [6, 6.07) is 2.30. The fraction of sp³-hybridized carbons (Fsp3) is 0.409. The lowest BCUT2D eigenvalue weighted by Gasteiger charge is -2.34. The Hall–Kier alpha value is -3.70. The summed E-state index contributed by atoms with van der Waals surface area (Å²) in [4.78, 5) is 12.9. The van der Waals surface area contributed by atoms with Crippen molar-refractivity contribution >= 4 is 11.7 Å². The molecule has 0 aliphatic carbocycles. The highest BCUT2D eigenvalue weighted by Gasteiger charge is 2.47. The van der Waals surface area contributed by atoms with Crippen molar-refractivity contribution in [2.24, 2.45) is 7.05 Å². The first-order valence-corrected chi connectivity index (χ1v) is 10.5. The number of hydrogen-bond donors (Lipinski definition) is 2. The molecule has 0 unspecified atom stereocenters. The van der Waals surface area contributed by atoms with E-state index in [0.29, 0.717) is 17.1 Å². The van der Waals surface area contributed by atoms with Gasteiger partial charge in [-0.05, 0) is 24.6 Å². The summed E-state index contributed by atoms with van der Waals surface area (Å²) in [5.41, 5.74) is 2.16. The molecule has 0 spiro atoms. The molecular weight excluding hydrogens is 453 g/mol. The van der Waals surface area contributed by atoms with Crippen molar-refractivity contribution in [2.75, 3.05) is 19.5 Å². The number of ether oxygens (including phenoxy) is 2. The second-order valence-corrected chi connectivity index (χ2v) is 8.05. The molecule has 9 nitrogen and oxygen atoms in total. The van der Waals surface area contributed by atoms with Crippen molar-refractivity contribution in [1.29, 1.82) is 0 Å². The minimum Gasteiger partial charge on any atom is -0.493 e. The Morgan fingerprint density at radius 1 is 1.26 bits per heavy atom. The summed E-state index contributed by atoms with van der Waals surface area (Å²) in [7, 11) is 4.70. The smallest absolute Gasteiger partial charge is 0.410 e. The van der Waals surface area contributed by atoms with Crippen LogP contribution >= 0.6 is 0 Å². The summed E-state index contributed by atoms with van der Waals surface area (Å²) >= 11 is 0. The number of methoxy groups -OCH3 is 2. The number of carbonyl (C=O) groups excluding carboxylic acids is 1. The number of hydrogen-bond acceptors (Lipinski definition) is 6. The Morgan fingerprint density at radius 2 is 2.00 bits per heavy atom. The van der Waals surface area contributed by atoms with E-state index >= 15 is 0 Å². The van der Waals surface area contributed by atoms with Crippen molar-refractivity contribution in [3.63, 3.8) is 0 Å². The van der Waals surface area contributed by atoms with Crippen molar-refractivity contribution in [3.05, 3.63) is 53.0 Å². The maximum atomic E-state index is 14.0. The number of aryl methyl sites for hydroxylation is 2. The molecule has 12 heteroatoms. The van der Waals surface area contributed by atoms with E-state index in [-0.39, 0.29) is 24.3 Å². The zero-order valence-electron chi connectivity index (χ0n) is 19.1. The maximum Gasteiger partial charge on any atom is 0.410 e. The number of nitrogens with one attached hydrogen (secondary N) is 2. The van der Waals surface area contributed by atoms with E-state index in [1.807, 2.05) is 6.92 Å². The number of fused-ring (bicyclic) bond motifs is 1. The zero-order chi connectivity index (χ0) is 24.6. The predicted octanol–water partition coefficient (Wildman–Crippen LogP) is 3.53. The van der Waals surface area contributed by atoms with E-state index in [1.165, 1.54) is 14.2 Å². The van der Waals surface area contributed by atoms with Gasteiger partial charge in [-0.3, -0.25) is 9.48 Å². The Bertz CT molecular complexity index is 1200. The SMILES string of the molecule is COc1ccc([C@H]2C[C@@H](C(F)(F)F)n3ncc(C(=O)NCc4cn(C)nc4C)c3N2)cc1OC. The lowest BCUT2D eigenvalue weighted by Crippen LogP contribution is -2.36. The van der Waals surface area contributed by atoms with Crippen molar-refractivity contribution in [2.45, 2.75) is 38.1 Å². The highest BCUT2D eigenvalue weighted by molar-refractivity contribution is 5.98. The van der Waals surface area contributed by atoms with Crippen LogP contribution in [0, 0.1) is 6.92 Å². The fourth-order valence-electron chi connectivity index (χ4n) is 4.11. The van der Waals surface area contributed by atoms with E-state index in [2.05, 4.69) is 20.8 Å². The van der Waals surface area contributed by atoms with Crippen LogP contribution in [0.1, 0.15) is 45.7 Å². The molecule has 0 saturated heterocycles. The Balaban J connectivity index is 1.64. The van der Waals surface area contributed by atoms with Gasteiger partial charge in [0.1, 0.15) is 11.4 Å². The maximum absolute atomic E-state index is 14.0. The van der Waals surface area contributed by atoms with Gasteiger partial charge < -0.3 is 20.1 Å². The van der Waals surface area contributed by atoms with Gasteiger partial charge >= 0.3 is 6.18 Å². The molecule has 0 bridgehead atoms. The first-order chi connectivity index (χ1) is 16.1. The van der Waals surface area contributed by atoms with Gasteiger partial charge in [-0.2, -0.15) is 23.4 Å². The van der Waals surface area contributed by atoms with Crippen LogP contribution in [-0.4, -0.2) is 45.9 Å². The minimum absolute atomic E-state index is 0.00812. The van der Waals surface area contributed by atoms with Gasteiger partial charge in [0.05, 0.1) is 32.2 Å². The van der Waals surface area contributed by atoms with E-state index in [9.17, 15) is 18.0 Å². The van der Waals surface area contributed by atoms with E-state index in [4.69, 9.17) is 9.47 Å². The Morgan fingerprint density at radius 3 is 2.62 bits per heavy atom. The molecular formula is C22H25F3N6O3. The molecule has 1 aromatic carbocycles. The highest BCUT2D eigenvalue weighted by atomic mass is 19.4. The number of alkyl halides is 3. The zero-order valence-corrected chi connectivity index (χ0v) is 19.1. The lowest BCUT2D eigenvalue weighted by molar-refractivity contribution is -0.173. The molecule has 1 aliphatic rings. The molecule has 3 aromatic rings. The molecule has 0 radical (unpaired) electrons. The van der Waals surface area contributed by atoms with Crippen LogP contribution < -0.4 is 20.1 Å². The normalized spacial score (nSPS) is 17.6. The quantitative estimate of drug-likeness (QED) is 0.563. The number of nitrogens with zero attached hydrogens (tertiary/aromatic N) is 4. The molecule has 0 fully saturated rings. The van der Waals surface area contributed by atoms with Crippen LogP contribution in [0.15, 0.2) is 30.6 Å². The number of carbonyl (C=O) groups is 1. The average Bonchev–Trinajstić information content (AvgIpc) is 3.37. The molecule has 2 N–H and O–H groups in total. The van der Waals surface area contributed by atoms with Gasteiger partial charge in [-0.1, -0.05) is 6.07 Å². The van der Waals surface area contributed by atoms with Crippen LogP contribution in [0.3, 0.4) is 0 Å². The molecule has 1 amide bonds. The summed E-state index contributed by atoms with van der Waals surface area (Å²) in [6.07, 6.45) is -1.93. The van der Waals surface area contributed by atoms with Gasteiger partial charge in [-0.15, -0.1) is 0 Å². The summed E-state index contributed by atoms with van der Waals surface area (Å²) in [5.74, 6) is 0.333. The van der Waals surface area contributed by atoms with Crippen molar-refractivity contribution in [3.8, 4) is 11.5 Å².